The summed E-state index contributed by atoms with van der Waals surface area (Å²) in [5, 5.41) is 0. The molecule has 2 aromatic rings. The van der Waals surface area contributed by atoms with Gasteiger partial charge in [0.25, 0.3) is 0 Å². The molecule has 1 atom stereocenters. The van der Waals surface area contributed by atoms with E-state index in [9.17, 15) is 9.59 Å². The van der Waals surface area contributed by atoms with Crippen LogP contribution in [0.15, 0.2) is 60.7 Å². The van der Waals surface area contributed by atoms with Crippen molar-refractivity contribution in [2.45, 2.75) is 18.8 Å². The van der Waals surface area contributed by atoms with E-state index in [0.29, 0.717) is 6.42 Å². The van der Waals surface area contributed by atoms with Crippen molar-refractivity contribution in [1.82, 2.24) is 0 Å². The molecule has 0 spiro atoms. The Bertz CT molecular complexity index is 604. The fourth-order valence-corrected chi connectivity index (χ4v) is 3.18. The fraction of sp³-hybridized carbons (Fsp3) is 0.222. The van der Waals surface area contributed by atoms with Crippen molar-refractivity contribution in [2.24, 2.45) is 5.92 Å². The largest absolute Gasteiger partial charge is 0.298 e. The summed E-state index contributed by atoms with van der Waals surface area (Å²) in [7, 11) is 0. The smallest absolute Gasteiger partial charge is 0.158 e. The Balaban J connectivity index is 2.30. The number of Topliss-reactive ketones (excluding diaryl/α,β-unsaturated/α-hetero) is 2. The number of rotatable bonds is 2. The molecule has 0 aliphatic heterocycles. The van der Waals surface area contributed by atoms with Crippen LogP contribution in [0.3, 0.4) is 0 Å². The molecular weight excluding hydrogens is 248 g/mol. The molecule has 1 saturated carbocycles. The monoisotopic (exact) mass is 264 g/mol. The third kappa shape index (κ3) is 1.64. The van der Waals surface area contributed by atoms with Crippen LogP contribution in [0, 0.1) is 5.92 Å². The zero-order valence-electron chi connectivity index (χ0n) is 11.4. The van der Waals surface area contributed by atoms with E-state index in [4.69, 9.17) is 0 Å². The van der Waals surface area contributed by atoms with Crippen molar-refractivity contribution < 1.29 is 9.59 Å². The van der Waals surface area contributed by atoms with Crippen LogP contribution in [0.1, 0.15) is 24.5 Å². The van der Waals surface area contributed by atoms with Crippen LogP contribution >= 0.6 is 0 Å². The van der Waals surface area contributed by atoms with Crippen molar-refractivity contribution in [3.05, 3.63) is 71.8 Å². The number of hydrogen-bond donors (Lipinski definition) is 0. The molecule has 0 N–H and O–H groups in total. The Morgan fingerprint density at radius 2 is 1.30 bits per heavy atom. The molecule has 20 heavy (non-hydrogen) atoms. The lowest BCUT2D eigenvalue weighted by Crippen LogP contribution is -2.40. The van der Waals surface area contributed by atoms with Gasteiger partial charge < -0.3 is 0 Å². The minimum Gasteiger partial charge on any atom is -0.298 e. The third-order valence-corrected chi connectivity index (χ3v) is 4.14. The van der Waals surface area contributed by atoms with Gasteiger partial charge >= 0.3 is 0 Å². The standard InChI is InChI=1S/C18H16O2/c1-13-12-16(19)18(17(13)20,14-8-4-2-5-9-14)15-10-6-3-7-11-15/h2-11,13H,12H2,1H3. The van der Waals surface area contributed by atoms with E-state index in [1.54, 1.807) is 0 Å². The Hall–Kier alpha value is -2.22. The Morgan fingerprint density at radius 3 is 1.65 bits per heavy atom. The first-order valence-electron chi connectivity index (χ1n) is 6.86. The van der Waals surface area contributed by atoms with Gasteiger partial charge in [0.15, 0.2) is 11.6 Å². The quantitative estimate of drug-likeness (QED) is 0.781. The maximum Gasteiger partial charge on any atom is 0.158 e. The minimum absolute atomic E-state index is 0.00685. The summed E-state index contributed by atoms with van der Waals surface area (Å²) in [6.45, 7) is 1.84. The van der Waals surface area contributed by atoms with Gasteiger partial charge in [-0.3, -0.25) is 9.59 Å². The molecule has 1 aliphatic rings. The van der Waals surface area contributed by atoms with Crippen molar-refractivity contribution in [2.75, 3.05) is 0 Å². The van der Waals surface area contributed by atoms with Crippen molar-refractivity contribution in [1.29, 1.82) is 0 Å². The second kappa shape index (κ2) is 4.71. The van der Waals surface area contributed by atoms with Gasteiger partial charge in [0.1, 0.15) is 5.41 Å². The molecule has 2 nitrogen and oxygen atoms in total. The van der Waals surface area contributed by atoms with Crippen molar-refractivity contribution in [3.63, 3.8) is 0 Å². The van der Waals surface area contributed by atoms with Crippen molar-refractivity contribution >= 4 is 11.6 Å². The number of benzene rings is 2. The molecule has 0 bridgehead atoms. The van der Waals surface area contributed by atoms with Crippen LogP contribution in [0.5, 0.6) is 0 Å². The maximum atomic E-state index is 12.8. The van der Waals surface area contributed by atoms with E-state index in [-0.39, 0.29) is 17.5 Å². The van der Waals surface area contributed by atoms with Gasteiger partial charge in [-0.05, 0) is 11.1 Å². The minimum atomic E-state index is -1.11. The Morgan fingerprint density at radius 1 is 0.850 bits per heavy atom. The fourth-order valence-electron chi connectivity index (χ4n) is 3.18. The van der Waals surface area contributed by atoms with Crippen LogP contribution in [0.25, 0.3) is 0 Å². The van der Waals surface area contributed by atoms with Gasteiger partial charge in [-0.2, -0.15) is 0 Å². The van der Waals surface area contributed by atoms with E-state index < -0.39 is 5.41 Å². The molecular formula is C18H16O2. The zero-order chi connectivity index (χ0) is 14.2. The third-order valence-electron chi connectivity index (χ3n) is 4.14. The molecule has 0 amide bonds. The molecule has 1 fully saturated rings. The highest BCUT2D eigenvalue weighted by atomic mass is 16.2. The number of ketones is 2. The van der Waals surface area contributed by atoms with E-state index >= 15 is 0 Å². The molecule has 100 valence electrons. The van der Waals surface area contributed by atoms with Gasteiger partial charge in [-0.15, -0.1) is 0 Å². The highest BCUT2D eigenvalue weighted by Gasteiger charge is 2.55. The second-order valence-electron chi connectivity index (χ2n) is 5.37. The predicted octanol–water partition coefficient (Wildman–Crippen LogP) is 3.15. The molecule has 0 aromatic heterocycles. The molecule has 0 saturated heterocycles. The average Bonchev–Trinajstić information content (AvgIpc) is 2.72. The number of carbonyl (C=O) groups is 2. The normalized spacial score (nSPS) is 21.1. The molecule has 1 unspecified atom stereocenters. The summed E-state index contributed by atoms with van der Waals surface area (Å²) in [6.07, 6.45) is 0.322. The van der Waals surface area contributed by atoms with Crippen LogP contribution < -0.4 is 0 Å². The molecule has 0 radical (unpaired) electrons. The molecule has 3 rings (SSSR count). The zero-order valence-corrected chi connectivity index (χ0v) is 11.4. The highest BCUT2D eigenvalue weighted by molar-refractivity contribution is 6.21. The second-order valence-corrected chi connectivity index (χ2v) is 5.37. The van der Waals surface area contributed by atoms with E-state index in [1.807, 2.05) is 67.6 Å². The van der Waals surface area contributed by atoms with Crippen LogP contribution in [-0.4, -0.2) is 11.6 Å². The Labute approximate surface area is 118 Å². The average molecular weight is 264 g/mol. The summed E-state index contributed by atoms with van der Waals surface area (Å²) in [4.78, 5) is 25.5. The van der Waals surface area contributed by atoms with Gasteiger partial charge in [-0.25, -0.2) is 0 Å². The van der Waals surface area contributed by atoms with Crippen LogP contribution in [-0.2, 0) is 15.0 Å². The number of carbonyl (C=O) groups excluding carboxylic acids is 2. The summed E-state index contributed by atoms with van der Waals surface area (Å²) < 4.78 is 0. The van der Waals surface area contributed by atoms with Gasteiger partial charge in [-0.1, -0.05) is 67.6 Å². The molecule has 0 heterocycles. The van der Waals surface area contributed by atoms with E-state index in [2.05, 4.69) is 0 Å². The van der Waals surface area contributed by atoms with Crippen LogP contribution in [0.4, 0.5) is 0 Å². The summed E-state index contributed by atoms with van der Waals surface area (Å²) in [6, 6.07) is 18.8. The van der Waals surface area contributed by atoms with Crippen molar-refractivity contribution in [3.8, 4) is 0 Å². The van der Waals surface area contributed by atoms with E-state index in [1.165, 1.54) is 0 Å². The lowest BCUT2D eigenvalue weighted by molar-refractivity contribution is -0.128. The SMILES string of the molecule is CC1CC(=O)C(c2ccccc2)(c2ccccc2)C1=O. The van der Waals surface area contributed by atoms with Crippen LogP contribution in [0.2, 0.25) is 0 Å². The summed E-state index contributed by atoms with van der Waals surface area (Å²) in [5.41, 5.74) is 0.457. The molecule has 2 aromatic carbocycles. The first-order valence-corrected chi connectivity index (χ1v) is 6.86. The van der Waals surface area contributed by atoms with Gasteiger partial charge in [0.2, 0.25) is 0 Å². The number of hydrogen-bond acceptors (Lipinski definition) is 2. The maximum absolute atomic E-state index is 12.8. The lowest BCUT2D eigenvalue weighted by Gasteiger charge is -2.27. The molecule has 1 aliphatic carbocycles. The van der Waals surface area contributed by atoms with E-state index in [0.717, 1.165) is 11.1 Å². The summed E-state index contributed by atoms with van der Waals surface area (Å²) in [5.74, 6) is -0.199. The Kier molecular flexibility index (Phi) is 3.01. The summed E-state index contributed by atoms with van der Waals surface area (Å²) >= 11 is 0. The highest BCUT2D eigenvalue weighted by Crippen LogP contribution is 2.43. The molecule has 2 heteroatoms. The first-order chi connectivity index (χ1) is 9.67. The topological polar surface area (TPSA) is 34.1 Å². The predicted molar refractivity (Wildman–Crippen MR) is 77.5 cm³/mol. The first kappa shape index (κ1) is 12.8. The van der Waals surface area contributed by atoms with Gasteiger partial charge in [0.05, 0.1) is 0 Å². The van der Waals surface area contributed by atoms with Gasteiger partial charge in [0, 0.05) is 12.3 Å². The lowest BCUT2D eigenvalue weighted by atomic mass is 9.71.